The first-order valence-electron chi connectivity index (χ1n) is 5.86. The first-order chi connectivity index (χ1) is 10.3. The average Bonchev–Trinajstić information content (AvgIpc) is 2.45. The summed E-state index contributed by atoms with van der Waals surface area (Å²) >= 11 is 0. The number of hydrogen-bond donors (Lipinski definition) is 0. The van der Waals surface area contributed by atoms with Crippen LogP contribution in [0.15, 0.2) is 36.4 Å². The van der Waals surface area contributed by atoms with Gasteiger partial charge in [-0.1, -0.05) is 12.1 Å². The highest BCUT2D eigenvalue weighted by molar-refractivity contribution is 5.73. The minimum atomic E-state index is -4.90. The van der Waals surface area contributed by atoms with E-state index in [1.54, 1.807) is 0 Å². The number of methoxy groups -OCH3 is 1. The Kier molecular flexibility index (Phi) is 4.15. The Labute approximate surface area is 122 Å². The van der Waals surface area contributed by atoms with E-state index in [2.05, 4.69) is 9.72 Å². The maximum atomic E-state index is 12.4. The van der Waals surface area contributed by atoms with Crippen molar-refractivity contribution in [1.29, 1.82) is 0 Å². The molecule has 0 N–H and O–H groups in total. The molecule has 0 atom stereocenters. The van der Waals surface area contributed by atoms with Crippen molar-refractivity contribution in [2.24, 2.45) is 0 Å². The van der Waals surface area contributed by atoms with Crippen LogP contribution in [0, 0.1) is 10.1 Å². The van der Waals surface area contributed by atoms with E-state index in [0.717, 1.165) is 12.1 Å². The smallest absolute Gasteiger partial charge is 0.492 e. The molecule has 1 heterocycles. The van der Waals surface area contributed by atoms with Crippen LogP contribution < -0.4 is 9.47 Å². The summed E-state index contributed by atoms with van der Waals surface area (Å²) in [5, 5.41) is 10.8. The second-order valence-corrected chi connectivity index (χ2v) is 4.02. The Morgan fingerprint density at radius 3 is 2.41 bits per heavy atom. The summed E-state index contributed by atoms with van der Waals surface area (Å²) in [5.74, 6) is -0.956. The Morgan fingerprint density at radius 2 is 1.82 bits per heavy atom. The summed E-state index contributed by atoms with van der Waals surface area (Å²) in [4.78, 5) is 13.8. The third kappa shape index (κ3) is 3.43. The molecular formula is C13H9F3N2O4. The van der Waals surface area contributed by atoms with Gasteiger partial charge in [0, 0.05) is 6.07 Å². The summed E-state index contributed by atoms with van der Waals surface area (Å²) in [5.41, 5.74) is -0.183. The Bertz CT molecular complexity index is 704. The lowest BCUT2D eigenvalue weighted by Gasteiger charge is -2.12. The lowest BCUT2D eigenvalue weighted by atomic mass is 10.1. The number of alkyl halides is 3. The molecule has 9 heteroatoms. The number of halogens is 3. The summed E-state index contributed by atoms with van der Waals surface area (Å²) in [6.07, 6.45) is -4.90. The van der Waals surface area contributed by atoms with Gasteiger partial charge in [0.2, 0.25) is 5.69 Å². The largest absolute Gasteiger partial charge is 0.573 e. The number of ether oxygens (including phenoxy) is 2. The van der Waals surface area contributed by atoms with Gasteiger partial charge in [-0.3, -0.25) is 0 Å². The number of nitrogens with zero attached hydrogens (tertiary/aromatic N) is 2. The SMILES string of the molecule is COc1ccc([N+](=O)[O-])nc1-c1ccccc1OC(F)(F)F. The van der Waals surface area contributed by atoms with Crippen molar-refractivity contribution >= 4 is 5.82 Å². The molecule has 0 saturated carbocycles. The van der Waals surface area contributed by atoms with Crippen LogP contribution >= 0.6 is 0 Å². The van der Waals surface area contributed by atoms with E-state index in [-0.39, 0.29) is 17.0 Å². The van der Waals surface area contributed by atoms with Crippen LogP contribution in [0.3, 0.4) is 0 Å². The molecule has 0 aliphatic heterocycles. The predicted octanol–water partition coefficient (Wildman–Crippen LogP) is 3.56. The lowest BCUT2D eigenvalue weighted by Crippen LogP contribution is -2.17. The van der Waals surface area contributed by atoms with Crippen LogP contribution in [-0.4, -0.2) is 23.4 Å². The van der Waals surface area contributed by atoms with Crippen molar-refractivity contribution < 1.29 is 27.6 Å². The molecule has 0 unspecified atom stereocenters. The zero-order valence-corrected chi connectivity index (χ0v) is 11.1. The predicted molar refractivity (Wildman–Crippen MR) is 69.6 cm³/mol. The highest BCUT2D eigenvalue weighted by Crippen LogP contribution is 2.38. The summed E-state index contributed by atoms with van der Waals surface area (Å²) in [7, 11) is 1.28. The number of aromatic nitrogens is 1. The normalized spacial score (nSPS) is 11.1. The second-order valence-electron chi connectivity index (χ2n) is 4.02. The molecule has 1 aromatic carbocycles. The maximum absolute atomic E-state index is 12.4. The Hall–Kier alpha value is -2.84. The van der Waals surface area contributed by atoms with Crippen LogP contribution in [0.2, 0.25) is 0 Å². The van der Waals surface area contributed by atoms with Gasteiger partial charge in [-0.05, 0) is 28.1 Å². The minimum absolute atomic E-state index is 0.0691. The minimum Gasteiger partial charge on any atom is -0.492 e. The van der Waals surface area contributed by atoms with Gasteiger partial charge < -0.3 is 19.6 Å². The Balaban J connectivity index is 2.60. The molecule has 6 nitrogen and oxygen atoms in total. The molecule has 0 aliphatic rings. The van der Waals surface area contributed by atoms with Gasteiger partial charge in [0.05, 0.1) is 12.7 Å². The molecule has 22 heavy (non-hydrogen) atoms. The van der Waals surface area contributed by atoms with Crippen LogP contribution in [0.5, 0.6) is 11.5 Å². The van der Waals surface area contributed by atoms with Crippen molar-refractivity contribution in [3.63, 3.8) is 0 Å². The lowest BCUT2D eigenvalue weighted by molar-refractivity contribution is -0.389. The van der Waals surface area contributed by atoms with Crippen LogP contribution in [-0.2, 0) is 0 Å². The van der Waals surface area contributed by atoms with E-state index >= 15 is 0 Å². The number of benzene rings is 1. The maximum Gasteiger partial charge on any atom is 0.573 e. The molecule has 116 valence electrons. The van der Waals surface area contributed by atoms with Crippen molar-refractivity contribution in [3.05, 3.63) is 46.5 Å². The van der Waals surface area contributed by atoms with Crippen molar-refractivity contribution in [3.8, 4) is 22.8 Å². The molecule has 0 aliphatic carbocycles. The second kappa shape index (κ2) is 5.88. The van der Waals surface area contributed by atoms with E-state index in [0.29, 0.717) is 0 Å². The standard InChI is InChI=1S/C13H9F3N2O4/c1-21-10-6-7-11(18(19)20)17-12(10)8-4-2-3-5-9(8)22-13(14,15)16/h2-7H,1H3. The molecule has 0 amide bonds. The zero-order chi connectivity index (χ0) is 16.3. The quantitative estimate of drug-likeness (QED) is 0.637. The van der Waals surface area contributed by atoms with Gasteiger partial charge >= 0.3 is 12.2 Å². The topological polar surface area (TPSA) is 74.5 Å². The van der Waals surface area contributed by atoms with E-state index in [1.165, 1.54) is 31.4 Å². The van der Waals surface area contributed by atoms with Gasteiger partial charge in [-0.15, -0.1) is 13.2 Å². The number of pyridine rings is 1. The zero-order valence-electron chi connectivity index (χ0n) is 11.1. The molecule has 0 fully saturated rings. The summed E-state index contributed by atoms with van der Waals surface area (Å²) in [6.45, 7) is 0. The summed E-state index contributed by atoms with van der Waals surface area (Å²) in [6, 6.07) is 7.53. The molecule has 0 saturated heterocycles. The van der Waals surface area contributed by atoms with Crippen molar-refractivity contribution in [1.82, 2.24) is 4.98 Å². The fraction of sp³-hybridized carbons (Fsp3) is 0.154. The average molecular weight is 314 g/mol. The van der Waals surface area contributed by atoms with Gasteiger partial charge in [0.25, 0.3) is 0 Å². The summed E-state index contributed by atoms with van der Waals surface area (Å²) < 4.78 is 46.3. The Morgan fingerprint density at radius 1 is 1.14 bits per heavy atom. The monoisotopic (exact) mass is 314 g/mol. The van der Waals surface area contributed by atoms with Crippen molar-refractivity contribution in [2.75, 3.05) is 7.11 Å². The van der Waals surface area contributed by atoms with Gasteiger partial charge in [0.1, 0.15) is 5.75 Å². The molecule has 2 aromatic rings. The van der Waals surface area contributed by atoms with Gasteiger partial charge in [0.15, 0.2) is 5.75 Å². The molecule has 0 spiro atoms. The number of hydrogen-bond acceptors (Lipinski definition) is 5. The van der Waals surface area contributed by atoms with E-state index in [4.69, 9.17) is 4.74 Å². The molecule has 2 rings (SSSR count). The number of rotatable bonds is 4. The first kappa shape index (κ1) is 15.5. The van der Waals surface area contributed by atoms with Gasteiger partial charge in [-0.2, -0.15) is 0 Å². The van der Waals surface area contributed by atoms with E-state index in [9.17, 15) is 23.3 Å². The molecule has 0 bridgehead atoms. The highest BCUT2D eigenvalue weighted by Gasteiger charge is 2.33. The highest BCUT2D eigenvalue weighted by atomic mass is 19.4. The molecule has 1 aromatic heterocycles. The fourth-order valence-electron chi connectivity index (χ4n) is 1.77. The van der Waals surface area contributed by atoms with Crippen molar-refractivity contribution in [2.45, 2.75) is 6.36 Å². The van der Waals surface area contributed by atoms with E-state index < -0.39 is 22.9 Å². The number of para-hydroxylation sites is 1. The van der Waals surface area contributed by atoms with Crippen LogP contribution in [0.4, 0.5) is 19.0 Å². The van der Waals surface area contributed by atoms with Gasteiger partial charge in [-0.25, -0.2) is 0 Å². The van der Waals surface area contributed by atoms with Crippen LogP contribution in [0.25, 0.3) is 11.3 Å². The van der Waals surface area contributed by atoms with Crippen LogP contribution in [0.1, 0.15) is 0 Å². The third-order valence-corrected chi connectivity index (χ3v) is 2.62. The van der Waals surface area contributed by atoms with E-state index in [1.807, 2.05) is 0 Å². The first-order valence-corrected chi connectivity index (χ1v) is 5.86. The third-order valence-electron chi connectivity index (χ3n) is 2.62. The molecule has 0 radical (unpaired) electrons. The number of nitro groups is 1. The molecular weight excluding hydrogens is 305 g/mol. The fourth-order valence-corrected chi connectivity index (χ4v) is 1.77.